The third kappa shape index (κ3) is 3.76. The Morgan fingerprint density at radius 3 is 2.57 bits per heavy atom. The molecule has 0 N–H and O–H groups in total. The highest BCUT2D eigenvalue weighted by molar-refractivity contribution is 7.98. The summed E-state index contributed by atoms with van der Waals surface area (Å²) in [7, 11) is 2.10. The van der Waals surface area contributed by atoms with Gasteiger partial charge in [0.15, 0.2) is 16.7 Å². The first-order chi connectivity index (χ1) is 11.2. The Morgan fingerprint density at radius 1 is 1.17 bits per heavy atom. The van der Waals surface area contributed by atoms with Gasteiger partial charge in [-0.2, -0.15) is 0 Å². The summed E-state index contributed by atoms with van der Waals surface area (Å²) < 4.78 is 11.3. The van der Waals surface area contributed by atoms with Crippen molar-refractivity contribution in [2.75, 3.05) is 26.5 Å². The summed E-state index contributed by atoms with van der Waals surface area (Å²) in [6.07, 6.45) is 5.77. The minimum absolute atomic E-state index is 0.256. The Labute approximate surface area is 141 Å². The van der Waals surface area contributed by atoms with E-state index >= 15 is 0 Å². The first-order valence-corrected chi connectivity index (χ1v) is 8.84. The second kappa shape index (κ2) is 7.19. The van der Waals surface area contributed by atoms with Gasteiger partial charge in [0.25, 0.3) is 0 Å². The van der Waals surface area contributed by atoms with Gasteiger partial charge in [0.05, 0.1) is 0 Å². The Morgan fingerprint density at radius 2 is 1.87 bits per heavy atom. The quantitative estimate of drug-likeness (QED) is 0.619. The molecule has 1 aromatic carbocycles. The maximum atomic E-state index is 5.67. The topological polar surface area (TPSA) is 47.5 Å². The third-order valence-corrected chi connectivity index (χ3v) is 4.58. The lowest BCUT2D eigenvalue weighted by molar-refractivity contribution is 0.170. The highest BCUT2D eigenvalue weighted by atomic mass is 32.2. The molecule has 0 aliphatic carbocycles. The fraction of sp³-hybridized carbons (Fsp3) is 0.412. The molecule has 23 heavy (non-hydrogen) atoms. The summed E-state index contributed by atoms with van der Waals surface area (Å²) in [5.74, 6) is 1.66. The third-order valence-electron chi connectivity index (χ3n) is 4.01. The van der Waals surface area contributed by atoms with Crippen LogP contribution in [0, 0.1) is 0 Å². The summed E-state index contributed by atoms with van der Waals surface area (Å²) in [6.45, 7) is 4.21. The van der Waals surface area contributed by atoms with Crippen LogP contribution in [-0.4, -0.2) is 41.4 Å². The maximum absolute atomic E-state index is 5.67. The summed E-state index contributed by atoms with van der Waals surface area (Å²) in [4.78, 5) is 10.9. The fourth-order valence-electron chi connectivity index (χ4n) is 2.53. The van der Waals surface area contributed by atoms with Gasteiger partial charge in [-0.3, -0.25) is 4.90 Å². The van der Waals surface area contributed by atoms with Gasteiger partial charge < -0.3 is 9.47 Å². The second-order valence-electron chi connectivity index (χ2n) is 5.57. The highest BCUT2D eigenvalue weighted by Crippen LogP contribution is 2.33. The lowest BCUT2D eigenvalue weighted by Crippen LogP contribution is -2.22. The summed E-state index contributed by atoms with van der Waals surface area (Å²) in [5, 5.41) is 0.802. The van der Waals surface area contributed by atoms with Gasteiger partial charge >= 0.3 is 0 Å². The molecule has 1 atom stereocenters. The molecule has 0 spiro atoms. The predicted molar refractivity (Wildman–Crippen MR) is 91.1 cm³/mol. The molecule has 0 saturated heterocycles. The average molecular weight is 331 g/mol. The zero-order chi connectivity index (χ0) is 16.2. The molecule has 0 fully saturated rings. The van der Waals surface area contributed by atoms with E-state index in [1.54, 1.807) is 11.8 Å². The summed E-state index contributed by atoms with van der Waals surface area (Å²) in [5.41, 5.74) is 2.31. The van der Waals surface area contributed by atoms with Crippen molar-refractivity contribution in [3.8, 4) is 11.5 Å². The SMILES string of the molecule is CSc1ncc(CN(C)[C@@H](C)c2ccc3c(c2)OCCO3)cn1. The molecular weight excluding hydrogens is 310 g/mol. The van der Waals surface area contributed by atoms with Crippen molar-refractivity contribution in [3.63, 3.8) is 0 Å². The maximum Gasteiger partial charge on any atom is 0.187 e. The van der Waals surface area contributed by atoms with E-state index in [-0.39, 0.29) is 6.04 Å². The molecule has 3 rings (SSSR count). The van der Waals surface area contributed by atoms with Crippen LogP contribution in [0.4, 0.5) is 0 Å². The number of ether oxygens (including phenoxy) is 2. The van der Waals surface area contributed by atoms with Gasteiger partial charge in [0.2, 0.25) is 0 Å². The normalized spacial score (nSPS) is 14.8. The van der Waals surface area contributed by atoms with Gasteiger partial charge in [-0.25, -0.2) is 9.97 Å². The standard InChI is InChI=1S/C17H21N3O2S/c1-12(14-4-5-15-16(8-14)22-7-6-21-15)20(2)11-13-9-18-17(23-3)19-10-13/h4-5,8-10,12H,6-7,11H2,1-3H3/t12-/m0/s1. The number of hydrogen-bond acceptors (Lipinski definition) is 6. The number of fused-ring (bicyclic) bond motifs is 1. The van der Waals surface area contributed by atoms with Crippen molar-refractivity contribution < 1.29 is 9.47 Å². The monoisotopic (exact) mass is 331 g/mol. The van der Waals surface area contributed by atoms with Crippen molar-refractivity contribution in [2.24, 2.45) is 0 Å². The van der Waals surface area contributed by atoms with E-state index in [0.717, 1.165) is 28.8 Å². The number of rotatable bonds is 5. The van der Waals surface area contributed by atoms with E-state index in [9.17, 15) is 0 Å². The molecule has 2 heterocycles. The largest absolute Gasteiger partial charge is 0.486 e. The van der Waals surface area contributed by atoms with Crippen molar-refractivity contribution in [2.45, 2.75) is 24.7 Å². The zero-order valence-corrected chi connectivity index (χ0v) is 14.5. The molecule has 0 unspecified atom stereocenters. The molecular formula is C17H21N3O2S. The van der Waals surface area contributed by atoms with Gasteiger partial charge in [-0.05, 0) is 37.9 Å². The number of nitrogens with zero attached hydrogens (tertiary/aromatic N) is 3. The van der Waals surface area contributed by atoms with Crippen molar-refractivity contribution in [3.05, 3.63) is 41.7 Å². The molecule has 0 saturated carbocycles. The van der Waals surface area contributed by atoms with Gasteiger partial charge in [0, 0.05) is 30.5 Å². The Bertz CT molecular complexity index is 663. The number of thioether (sulfide) groups is 1. The molecule has 0 amide bonds. The molecule has 6 heteroatoms. The highest BCUT2D eigenvalue weighted by Gasteiger charge is 2.17. The number of aromatic nitrogens is 2. The van der Waals surface area contributed by atoms with Crippen molar-refractivity contribution in [1.82, 2.24) is 14.9 Å². The lowest BCUT2D eigenvalue weighted by atomic mass is 10.1. The number of hydrogen-bond donors (Lipinski definition) is 0. The molecule has 1 aliphatic rings. The van der Waals surface area contributed by atoms with E-state index < -0.39 is 0 Å². The van der Waals surface area contributed by atoms with Gasteiger partial charge in [-0.1, -0.05) is 17.8 Å². The van der Waals surface area contributed by atoms with Crippen molar-refractivity contribution in [1.29, 1.82) is 0 Å². The van der Waals surface area contributed by atoms with Gasteiger partial charge in [0.1, 0.15) is 13.2 Å². The van der Waals surface area contributed by atoms with Crippen LogP contribution in [0.15, 0.2) is 35.7 Å². The Kier molecular flexibility index (Phi) is 5.03. The van der Waals surface area contributed by atoms with E-state index in [4.69, 9.17) is 9.47 Å². The average Bonchev–Trinajstić information content (AvgIpc) is 2.61. The van der Waals surface area contributed by atoms with E-state index in [2.05, 4.69) is 41.0 Å². The zero-order valence-electron chi connectivity index (χ0n) is 13.7. The predicted octanol–water partition coefficient (Wildman–Crippen LogP) is 3.16. The first kappa shape index (κ1) is 16.1. The smallest absolute Gasteiger partial charge is 0.187 e. The van der Waals surface area contributed by atoms with E-state index in [1.165, 1.54) is 5.56 Å². The van der Waals surface area contributed by atoms with Crippen LogP contribution in [0.5, 0.6) is 11.5 Å². The Hall–Kier alpha value is -1.79. The summed E-state index contributed by atoms with van der Waals surface area (Å²) in [6, 6.07) is 6.42. The van der Waals surface area contributed by atoms with Crippen LogP contribution < -0.4 is 9.47 Å². The van der Waals surface area contributed by atoms with Gasteiger partial charge in [-0.15, -0.1) is 0 Å². The van der Waals surface area contributed by atoms with E-state index in [0.29, 0.717) is 13.2 Å². The minimum Gasteiger partial charge on any atom is -0.486 e. The Balaban J connectivity index is 1.69. The van der Waals surface area contributed by atoms with Crippen LogP contribution in [0.25, 0.3) is 0 Å². The molecule has 122 valence electrons. The van der Waals surface area contributed by atoms with E-state index in [1.807, 2.05) is 24.7 Å². The second-order valence-corrected chi connectivity index (χ2v) is 6.35. The molecule has 0 radical (unpaired) electrons. The lowest BCUT2D eigenvalue weighted by Gasteiger charge is -2.26. The molecule has 1 aliphatic heterocycles. The van der Waals surface area contributed by atoms with Crippen LogP contribution in [0.1, 0.15) is 24.1 Å². The molecule has 1 aromatic heterocycles. The fourth-order valence-corrected chi connectivity index (χ4v) is 2.85. The molecule has 2 aromatic rings. The summed E-state index contributed by atoms with van der Waals surface area (Å²) >= 11 is 1.55. The number of benzene rings is 1. The van der Waals surface area contributed by atoms with Crippen LogP contribution in [0.3, 0.4) is 0 Å². The van der Waals surface area contributed by atoms with Crippen LogP contribution >= 0.6 is 11.8 Å². The van der Waals surface area contributed by atoms with Crippen LogP contribution in [0.2, 0.25) is 0 Å². The molecule has 0 bridgehead atoms. The minimum atomic E-state index is 0.256. The van der Waals surface area contributed by atoms with Crippen LogP contribution in [-0.2, 0) is 6.54 Å². The first-order valence-electron chi connectivity index (χ1n) is 7.62. The molecule has 5 nitrogen and oxygen atoms in total. The van der Waals surface area contributed by atoms with Crippen molar-refractivity contribution >= 4 is 11.8 Å².